The van der Waals surface area contributed by atoms with Gasteiger partial charge in [0.05, 0.1) is 26.2 Å². The molecule has 0 fully saturated rings. The van der Waals surface area contributed by atoms with Crippen LogP contribution in [-0.4, -0.2) is 32.6 Å². The van der Waals surface area contributed by atoms with Gasteiger partial charge in [0.15, 0.2) is 0 Å². The van der Waals surface area contributed by atoms with Gasteiger partial charge in [0.1, 0.15) is 5.69 Å². The summed E-state index contributed by atoms with van der Waals surface area (Å²) in [4.78, 5) is 7.80. The number of anilines is 1. The minimum Gasteiger partial charge on any atom is -0.479 e. The van der Waals surface area contributed by atoms with Crippen molar-refractivity contribution in [1.29, 1.82) is 0 Å². The van der Waals surface area contributed by atoms with Crippen LogP contribution >= 0.6 is 0 Å². The highest BCUT2D eigenvalue weighted by molar-refractivity contribution is 7.91. The maximum atomic E-state index is 12.2. The van der Waals surface area contributed by atoms with Crippen molar-refractivity contribution >= 4 is 15.7 Å². The zero-order valence-electron chi connectivity index (χ0n) is 12.5. The molecule has 0 spiro atoms. The Morgan fingerprint density at radius 2 is 1.82 bits per heavy atom. The van der Waals surface area contributed by atoms with E-state index in [2.05, 4.69) is 14.7 Å². The van der Waals surface area contributed by atoms with Crippen molar-refractivity contribution in [3.63, 3.8) is 0 Å². The predicted molar refractivity (Wildman–Crippen MR) is 82.6 cm³/mol. The molecular weight excluding hydrogens is 306 g/mol. The van der Waals surface area contributed by atoms with Gasteiger partial charge in [0.25, 0.3) is 0 Å². The molecule has 0 unspecified atom stereocenters. The molecule has 0 atom stereocenters. The molecule has 2 rings (SSSR count). The van der Waals surface area contributed by atoms with Gasteiger partial charge >= 0.3 is 6.01 Å². The third kappa shape index (κ3) is 4.08. The quantitative estimate of drug-likeness (QED) is 0.871. The van der Waals surface area contributed by atoms with E-state index in [1.807, 2.05) is 19.1 Å². The number of nitrogens with zero attached hydrogens (tertiary/aromatic N) is 2. The minimum absolute atomic E-state index is 0.0957. The summed E-state index contributed by atoms with van der Waals surface area (Å²) in [6, 6.07) is 7.37. The van der Waals surface area contributed by atoms with E-state index in [4.69, 9.17) is 9.47 Å². The van der Waals surface area contributed by atoms with Crippen molar-refractivity contribution in [1.82, 2.24) is 9.97 Å². The molecule has 0 aliphatic rings. The Bertz CT molecular complexity index is 745. The van der Waals surface area contributed by atoms with E-state index < -0.39 is 10.0 Å². The monoisotopic (exact) mass is 323 g/mol. The van der Waals surface area contributed by atoms with E-state index in [0.29, 0.717) is 5.56 Å². The Balaban J connectivity index is 2.19. The van der Waals surface area contributed by atoms with Crippen LogP contribution in [0.5, 0.6) is 11.9 Å². The molecule has 0 aliphatic carbocycles. The van der Waals surface area contributed by atoms with E-state index >= 15 is 0 Å². The lowest BCUT2D eigenvalue weighted by Crippen LogP contribution is -2.16. The molecule has 7 nitrogen and oxygen atoms in total. The number of sulfonamides is 1. The predicted octanol–water partition coefficient (Wildman–Crippen LogP) is 1.74. The highest BCUT2D eigenvalue weighted by Gasteiger charge is 2.16. The first-order valence-corrected chi connectivity index (χ1v) is 8.10. The molecule has 0 aliphatic heterocycles. The first-order chi connectivity index (χ1) is 10.4. The van der Waals surface area contributed by atoms with Crippen molar-refractivity contribution < 1.29 is 17.9 Å². The summed E-state index contributed by atoms with van der Waals surface area (Å²) in [7, 11) is -0.802. The van der Waals surface area contributed by atoms with Gasteiger partial charge in [0, 0.05) is 0 Å². The fourth-order valence-corrected chi connectivity index (χ4v) is 2.96. The highest BCUT2D eigenvalue weighted by atomic mass is 32.2. The van der Waals surface area contributed by atoms with Crippen molar-refractivity contribution in [2.75, 3.05) is 18.9 Å². The Labute approximate surface area is 129 Å². The van der Waals surface area contributed by atoms with Crippen LogP contribution < -0.4 is 14.2 Å². The summed E-state index contributed by atoms with van der Waals surface area (Å²) >= 11 is 0. The van der Waals surface area contributed by atoms with Crippen molar-refractivity contribution in [3.8, 4) is 11.9 Å². The van der Waals surface area contributed by atoms with E-state index in [0.717, 1.165) is 5.56 Å². The largest absolute Gasteiger partial charge is 0.479 e. The second kappa shape index (κ2) is 6.61. The molecule has 1 aromatic heterocycles. The van der Waals surface area contributed by atoms with E-state index in [9.17, 15) is 8.42 Å². The molecule has 22 heavy (non-hydrogen) atoms. The summed E-state index contributed by atoms with van der Waals surface area (Å²) in [5.41, 5.74) is 1.92. The molecule has 0 bridgehead atoms. The standard InChI is InChI=1S/C14H17N3O4S/c1-10-4-6-11(7-5-10)9-22(18,19)17-12-8-15-14(21-3)16-13(12)20-2/h4-8,17H,9H2,1-3H3. The normalized spacial score (nSPS) is 11.0. The van der Waals surface area contributed by atoms with Gasteiger partial charge in [-0.05, 0) is 12.5 Å². The summed E-state index contributed by atoms with van der Waals surface area (Å²) < 4.78 is 36.8. The maximum absolute atomic E-state index is 12.2. The maximum Gasteiger partial charge on any atom is 0.319 e. The summed E-state index contributed by atoms with van der Waals surface area (Å²) in [6.07, 6.45) is 1.30. The fraction of sp³-hybridized carbons (Fsp3) is 0.286. The van der Waals surface area contributed by atoms with Crippen LogP contribution in [0.2, 0.25) is 0 Å². The van der Waals surface area contributed by atoms with Crippen LogP contribution in [0.4, 0.5) is 5.69 Å². The van der Waals surface area contributed by atoms with Gasteiger partial charge in [0.2, 0.25) is 15.9 Å². The second-order valence-electron chi connectivity index (χ2n) is 4.63. The van der Waals surface area contributed by atoms with Crippen molar-refractivity contribution in [2.24, 2.45) is 0 Å². The van der Waals surface area contributed by atoms with Crippen LogP contribution in [0.15, 0.2) is 30.5 Å². The van der Waals surface area contributed by atoms with Crippen molar-refractivity contribution in [3.05, 3.63) is 41.6 Å². The van der Waals surface area contributed by atoms with Gasteiger partial charge in [-0.1, -0.05) is 29.8 Å². The van der Waals surface area contributed by atoms with Gasteiger partial charge < -0.3 is 9.47 Å². The lowest BCUT2D eigenvalue weighted by atomic mass is 10.2. The first-order valence-electron chi connectivity index (χ1n) is 6.44. The smallest absolute Gasteiger partial charge is 0.319 e. The van der Waals surface area contributed by atoms with Crippen molar-refractivity contribution in [2.45, 2.75) is 12.7 Å². The lowest BCUT2D eigenvalue weighted by Gasteiger charge is -2.11. The second-order valence-corrected chi connectivity index (χ2v) is 6.35. The SMILES string of the molecule is COc1ncc(NS(=O)(=O)Cc2ccc(C)cc2)c(OC)n1. The number of ether oxygens (including phenoxy) is 2. The third-order valence-corrected chi connectivity index (χ3v) is 4.09. The molecule has 1 N–H and O–H groups in total. The van der Waals surface area contributed by atoms with E-state index in [1.165, 1.54) is 20.4 Å². The molecule has 2 aromatic rings. The summed E-state index contributed by atoms with van der Waals surface area (Å²) in [5, 5.41) is 0. The van der Waals surface area contributed by atoms with Crippen LogP contribution in [0.1, 0.15) is 11.1 Å². The number of aryl methyl sites for hydroxylation is 1. The van der Waals surface area contributed by atoms with Gasteiger partial charge in [-0.3, -0.25) is 4.72 Å². The topological polar surface area (TPSA) is 90.4 Å². The third-order valence-electron chi connectivity index (χ3n) is 2.85. The number of hydrogen-bond donors (Lipinski definition) is 1. The summed E-state index contributed by atoms with van der Waals surface area (Å²) in [6.45, 7) is 1.94. The van der Waals surface area contributed by atoms with Crippen LogP contribution in [0.3, 0.4) is 0 Å². The van der Waals surface area contributed by atoms with Crippen LogP contribution in [-0.2, 0) is 15.8 Å². The number of methoxy groups -OCH3 is 2. The Hall–Kier alpha value is -2.35. The lowest BCUT2D eigenvalue weighted by molar-refractivity contribution is 0.353. The fourth-order valence-electron chi connectivity index (χ4n) is 1.78. The molecule has 0 saturated heterocycles. The van der Waals surface area contributed by atoms with E-state index in [-0.39, 0.29) is 23.3 Å². The van der Waals surface area contributed by atoms with Crippen LogP contribution in [0.25, 0.3) is 0 Å². The molecule has 0 radical (unpaired) electrons. The average Bonchev–Trinajstić information content (AvgIpc) is 2.49. The van der Waals surface area contributed by atoms with Crippen LogP contribution in [0, 0.1) is 6.92 Å². The molecule has 0 amide bonds. The first kappa shape index (κ1) is 16.0. The molecule has 0 saturated carbocycles. The Morgan fingerprint density at radius 3 is 2.41 bits per heavy atom. The number of rotatable bonds is 6. The number of nitrogens with one attached hydrogen (secondary N) is 1. The zero-order valence-corrected chi connectivity index (χ0v) is 13.3. The molecule has 1 aromatic carbocycles. The molecule has 1 heterocycles. The van der Waals surface area contributed by atoms with Gasteiger partial charge in [-0.2, -0.15) is 4.98 Å². The van der Waals surface area contributed by atoms with Gasteiger partial charge in [-0.15, -0.1) is 0 Å². The Kier molecular flexibility index (Phi) is 4.81. The Morgan fingerprint density at radius 1 is 1.14 bits per heavy atom. The van der Waals surface area contributed by atoms with E-state index in [1.54, 1.807) is 12.1 Å². The zero-order chi connectivity index (χ0) is 16.2. The number of benzene rings is 1. The molecular formula is C14H17N3O4S. The summed E-state index contributed by atoms with van der Waals surface area (Å²) in [5.74, 6) is -0.0537. The molecule has 118 valence electrons. The molecule has 8 heteroatoms. The average molecular weight is 323 g/mol. The highest BCUT2D eigenvalue weighted by Crippen LogP contribution is 2.24. The van der Waals surface area contributed by atoms with Gasteiger partial charge in [-0.25, -0.2) is 13.4 Å². The minimum atomic E-state index is -3.60. The number of aromatic nitrogens is 2. The number of hydrogen-bond acceptors (Lipinski definition) is 6.